The second kappa shape index (κ2) is 2.28. The average Bonchev–Trinajstić information content (AvgIpc) is 2.43. The van der Waals surface area contributed by atoms with Gasteiger partial charge in [-0.1, -0.05) is 0 Å². The molecule has 0 unspecified atom stereocenters. The molecule has 1 fully saturated rings. The van der Waals surface area contributed by atoms with Crippen molar-refractivity contribution in [2.24, 2.45) is 11.8 Å². The fourth-order valence-corrected chi connectivity index (χ4v) is 1.000. The molecule has 2 N–H and O–H groups in total. The molecule has 1 aliphatic carbocycles. The summed E-state index contributed by atoms with van der Waals surface area (Å²) in [6, 6.07) is 0. The zero-order valence-corrected chi connectivity index (χ0v) is 5.28. The summed E-state index contributed by atoms with van der Waals surface area (Å²) in [4.78, 5) is 20.2. The quantitative estimate of drug-likeness (QED) is 0.592. The first-order valence-electron chi connectivity index (χ1n) is 3.06. The van der Waals surface area contributed by atoms with Crippen LogP contribution in [-0.4, -0.2) is 22.2 Å². The van der Waals surface area contributed by atoms with E-state index in [4.69, 9.17) is 10.2 Å². The van der Waals surface area contributed by atoms with E-state index >= 15 is 0 Å². The lowest BCUT2D eigenvalue weighted by molar-refractivity contribution is -0.139. The van der Waals surface area contributed by atoms with Gasteiger partial charge < -0.3 is 10.2 Å². The molecule has 0 spiro atoms. The van der Waals surface area contributed by atoms with Gasteiger partial charge in [0.2, 0.25) is 0 Å². The summed E-state index contributed by atoms with van der Waals surface area (Å²) < 4.78 is 0. The van der Waals surface area contributed by atoms with E-state index < -0.39 is 17.9 Å². The molecule has 10 heavy (non-hydrogen) atoms. The van der Waals surface area contributed by atoms with Crippen molar-refractivity contribution < 1.29 is 19.8 Å². The van der Waals surface area contributed by atoms with Gasteiger partial charge in [0.25, 0.3) is 0 Å². The number of hydrogen-bond acceptors (Lipinski definition) is 2. The summed E-state index contributed by atoms with van der Waals surface area (Å²) in [5, 5.41) is 16.6. The van der Waals surface area contributed by atoms with Crippen LogP contribution in [0.4, 0.5) is 0 Å². The molecule has 0 radical (unpaired) electrons. The molecule has 2 atom stereocenters. The first-order chi connectivity index (χ1) is 4.61. The molecule has 0 amide bonds. The molecule has 0 aromatic rings. The molecule has 1 saturated carbocycles. The molecule has 0 saturated heterocycles. The molecule has 0 aromatic carbocycles. The van der Waals surface area contributed by atoms with E-state index in [-0.39, 0.29) is 12.3 Å². The molecule has 0 aromatic heterocycles. The van der Waals surface area contributed by atoms with Gasteiger partial charge in [-0.15, -0.1) is 0 Å². The van der Waals surface area contributed by atoms with Crippen LogP contribution in [0.5, 0.6) is 0 Å². The van der Waals surface area contributed by atoms with Gasteiger partial charge in [0.1, 0.15) is 0 Å². The van der Waals surface area contributed by atoms with Gasteiger partial charge >= 0.3 is 11.9 Å². The Kier molecular flexibility index (Phi) is 1.61. The van der Waals surface area contributed by atoms with Crippen LogP contribution in [0.2, 0.25) is 0 Å². The van der Waals surface area contributed by atoms with Gasteiger partial charge in [-0.3, -0.25) is 9.59 Å². The topological polar surface area (TPSA) is 74.6 Å². The molecular weight excluding hydrogens is 136 g/mol. The van der Waals surface area contributed by atoms with Gasteiger partial charge in [-0.2, -0.15) is 0 Å². The second-order valence-electron chi connectivity index (χ2n) is 2.54. The number of carboxylic acid groups (broad SMARTS) is 2. The Morgan fingerprint density at radius 2 is 2.00 bits per heavy atom. The highest BCUT2D eigenvalue weighted by Gasteiger charge is 2.44. The summed E-state index contributed by atoms with van der Waals surface area (Å²) >= 11 is 0. The van der Waals surface area contributed by atoms with Crippen LogP contribution in [0, 0.1) is 11.8 Å². The van der Waals surface area contributed by atoms with Gasteiger partial charge in [0.05, 0.1) is 5.92 Å². The fraction of sp³-hybridized carbons (Fsp3) is 0.667. The monoisotopic (exact) mass is 144 g/mol. The van der Waals surface area contributed by atoms with Gasteiger partial charge in [0.15, 0.2) is 0 Å². The van der Waals surface area contributed by atoms with Crippen molar-refractivity contribution in [1.82, 2.24) is 0 Å². The SMILES string of the molecule is O=C(O)C[C@@H]1C[C@H]1C(=O)O. The minimum absolute atomic E-state index is 0.00301. The van der Waals surface area contributed by atoms with Crippen molar-refractivity contribution in [3.63, 3.8) is 0 Å². The third-order valence-corrected chi connectivity index (χ3v) is 1.68. The molecule has 0 bridgehead atoms. The highest BCUT2D eigenvalue weighted by molar-refractivity contribution is 5.76. The summed E-state index contributed by atoms with van der Waals surface area (Å²) in [5.74, 6) is -2.29. The molecule has 4 heteroatoms. The van der Waals surface area contributed by atoms with E-state index in [1.54, 1.807) is 0 Å². The van der Waals surface area contributed by atoms with Crippen molar-refractivity contribution in [3.05, 3.63) is 0 Å². The van der Waals surface area contributed by atoms with Gasteiger partial charge in [-0.05, 0) is 12.3 Å². The van der Waals surface area contributed by atoms with E-state index in [9.17, 15) is 9.59 Å². The smallest absolute Gasteiger partial charge is 0.306 e. The fourth-order valence-electron chi connectivity index (χ4n) is 1.000. The number of carboxylic acids is 2. The highest BCUT2D eigenvalue weighted by atomic mass is 16.4. The molecule has 4 nitrogen and oxygen atoms in total. The third kappa shape index (κ3) is 1.46. The van der Waals surface area contributed by atoms with Crippen molar-refractivity contribution in [2.75, 3.05) is 0 Å². The summed E-state index contributed by atoms with van der Waals surface area (Å²) in [7, 11) is 0. The molecule has 0 aliphatic heterocycles. The maximum absolute atomic E-state index is 10.2. The van der Waals surface area contributed by atoms with Crippen molar-refractivity contribution >= 4 is 11.9 Å². The zero-order chi connectivity index (χ0) is 7.72. The second-order valence-corrected chi connectivity index (χ2v) is 2.54. The van der Waals surface area contributed by atoms with E-state index in [1.165, 1.54) is 0 Å². The van der Waals surface area contributed by atoms with Crippen LogP contribution in [0.1, 0.15) is 12.8 Å². The summed E-state index contributed by atoms with van der Waals surface area (Å²) in [6.45, 7) is 0. The van der Waals surface area contributed by atoms with Crippen molar-refractivity contribution in [1.29, 1.82) is 0 Å². The first kappa shape index (κ1) is 7.05. The van der Waals surface area contributed by atoms with E-state index in [2.05, 4.69) is 0 Å². The zero-order valence-electron chi connectivity index (χ0n) is 5.28. The van der Waals surface area contributed by atoms with E-state index in [0.29, 0.717) is 6.42 Å². The number of hydrogen-bond donors (Lipinski definition) is 2. The Balaban J connectivity index is 2.26. The van der Waals surface area contributed by atoms with Crippen LogP contribution in [0.15, 0.2) is 0 Å². The first-order valence-corrected chi connectivity index (χ1v) is 3.06. The Labute approximate surface area is 57.5 Å². The minimum atomic E-state index is -0.909. The maximum Gasteiger partial charge on any atom is 0.306 e. The van der Waals surface area contributed by atoms with Crippen molar-refractivity contribution in [3.8, 4) is 0 Å². The minimum Gasteiger partial charge on any atom is -0.481 e. The summed E-state index contributed by atoms with van der Waals surface area (Å²) in [5.41, 5.74) is 0. The number of aliphatic carboxylic acids is 2. The standard InChI is InChI=1S/C6H8O4/c7-5(8)2-3-1-4(3)6(9)10/h3-4H,1-2H2,(H,7,8)(H,9,10)/t3-,4+/m0/s1. The van der Waals surface area contributed by atoms with Crippen LogP contribution >= 0.6 is 0 Å². The Morgan fingerprint density at radius 1 is 1.40 bits per heavy atom. The van der Waals surface area contributed by atoms with Crippen LogP contribution in [0.3, 0.4) is 0 Å². The van der Waals surface area contributed by atoms with Crippen LogP contribution in [0.25, 0.3) is 0 Å². The predicted molar refractivity (Wildman–Crippen MR) is 31.5 cm³/mol. The lowest BCUT2D eigenvalue weighted by Gasteiger charge is -1.88. The maximum atomic E-state index is 10.2. The lowest BCUT2D eigenvalue weighted by atomic mass is 10.2. The predicted octanol–water partition coefficient (Wildman–Crippen LogP) is 0.182. The lowest BCUT2D eigenvalue weighted by Crippen LogP contribution is -2.03. The largest absolute Gasteiger partial charge is 0.481 e. The molecule has 1 rings (SSSR count). The molecule has 56 valence electrons. The number of rotatable bonds is 3. The van der Waals surface area contributed by atoms with E-state index in [0.717, 1.165) is 0 Å². The Hall–Kier alpha value is -1.06. The van der Waals surface area contributed by atoms with Gasteiger partial charge in [0, 0.05) is 6.42 Å². The van der Waals surface area contributed by atoms with Gasteiger partial charge in [-0.25, -0.2) is 0 Å². The average molecular weight is 144 g/mol. The number of carbonyl (C=O) groups is 2. The highest BCUT2D eigenvalue weighted by Crippen LogP contribution is 2.41. The Bertz CT molecular complexity index is 175. The molecular formula is C6H8O4. The summed E-state index contributed by atoms with van der Waals surface area (Å²) in [6.07, 6.45) is 0.526. The van der Waals surface area contributed by atoms with Crippen molar-refractivity contribution in [2.45, 2.75) is 12.8 Å². The van der Waals surface area contributed by atoms with Crippen LogP contribution < -0.4 is 0 Å². The molecule has 0 heterocycles. The van der Waals surface area contributed by atoms with Crippen LogP contribution in [-0.2, 0) is 9.59 Å². The Morgan fingerprint density at radius 3 is 2.30 bits per heavy atom. The molecule has 1 aliphatic rings. The van der Waals surface area contributed by atoms with E-state index in [1.807, 2.05) is 0 Å². The normalized spacial score (nSPS) is 29.6. The third-order valence-electron chi connectivity index (χ3n) is 1.68.